The molecule has 1 saturated carbocycles. The summed E-state index contributed by atoms with van der Waals surface area (Å²) < 4.78 is 2.18. The van der Waals surface area contributed by atoms with Gasteiger partial charge in [-0.05, 0) is 42.3 Å². The van der Waals surface area contributed by atoms with Crippen LogP contribution in [-0.4, -0.2) is 37.3 Å². The monoisotopic (exact) mass is 456 g/mol. The summed E-state index contributed by atoms with van der Waals surface area (Å²) in [6, 6.07) is 5.75. The molecule has 31 heavy (non-hydrogen) atoms. The number of aromatic nitrogens is 4. The lowest BCUT2D eigenvalue weighted by Crippen LogP contribution is -2.23. The molecule has 0 aromatic carbocycles. The van der Waals surface area contributed by atoms with E-state index in [2.05, 4.69) is 32.0 Å². The van der Waals surface area contributed by atoms with E-state index in [4.69, 9.17) is 5.73 Å². The standard InChI is InChI=1S/C21H24N6O2S2/c1-13-5-2-3-7-16(13)27-19(14-6-4-9-23-11-14)25-26-21(27)31-12-17(28)24-20-15(18(22)29)8-10-30-20/h4,6,8-11,13,16H,2-3,5,7,12H2,1H3,(H2,22,29)(H,24,28). The fourth-order valence-electron chi connectivity index (χ4n) is 3.94. The van der Waals surface area contributed by atoms with Crippen molar-refractivity contribution in [2.75, 3.05) is 11.1 Å². The number of nitrogens with zero attached hydrogens (tertiary/aromatic N) is 4. The van der Waals surface area contributed by atoms with Crippen molar-refractivity contribution >= 4 is 39.9 Å². The van der Waals surface area contributed by atoms with E-state index < -0.39 is 5.91 Å². The first kappa shape index (κ1) is 21.5. The maximum Gasteiger partial charge on any atom is 0.251 e. The molecular formula is C21H24N6O2S2. The number of rotatable bonds is 7. The third-order valence-electron chi connectivity index (χ3n) is 5.50. The second-order valence-corrected chi connectivity index (χ2v) is 9.47. The van der Waals surface area contributed by atoms with Crippen LogP contribution in [0.4, 0.5) is 5.00 Å². The summed E-state index contributed by atoms with van der Waals surface area (Å²) >= 11 is 2.62. The molecule has 1 fully saturated rings. The molecule has 1 aliphatic rings. The lowest BCUT2D eigenvalue weighted by molar-refractivity contribution is -0.113. The van der Waals surface area contributed by atoms with Crippen LogP contribution in [-0.2, 0) is 4.79 Å². The second kappa shape index (κ2) is 9.61. The van der Waals surface area contributed by atoms with E-state index in [-0.39, 0.29) is 17.7 Å². The van der Waals surface area contributed by atoms with Crippen LogP contribution in [0, 0.1) is 5.92 Å². The Labute approximate surface area is 188 Å². The summed E-state index contributed by atoms with van der Waals surface area (Å²) in [6.45, 7) is 2.26. The third-order valence-corrected chi connectivity index (χ3v) is 7.27. The van der Waals surface area contributed by atoms with Gasteiger partial charge in [0.25, 0.3) is 5.91 Å². The van der Waals surface area contributed by atoms with Gasteiger partial charge in [0.15, 0.2) is 11.0 Å². The zero-order valence-corrected chi connectivity index (χ0v) is 18.8. The maximum absolute atomic E-state index is 12.5. The highest BCUT2D eigenvalue weighted by Crippen LogP contribution is 2.38. The highest BCUT2D eigenvalue weighted by atomic mass is 32.2. The summed E-state index contributed by atoms with van der Waals surface area (Å²) in [5.74, 6) is 0.657. The van der Waals surface area contributed by atoms with Crippen molar-refractivity contribution in [2.24, 2.45) is 11.7 Å². The number of amides is 2. The summed E-state index contributed by atoms with van der Waals surface area (Å²) in [5, 5.41) is 14.6. The van der Waals surface area contributed by atoms with Crippen molar-refractivity contribution in [1.82, 2.24) is 19.7 Å². The molecule has 0 aliphatic heterocycles. The highest BCUT2D eigenvalue weighted by Gasteiger charge is 2.29. The third kappa shape index (κ3) is 4.80. The van der Waals surface area contributed by atoms with Crippen LogP contribution in [0.25, 0.3) is 11.4 Å². The second-order valence-electron chi connectivity index (χ2n) is 7.61. The van der Waals surface area contributed by atoms with Gasteiger partial charge in [-0.3, -0.25) is 19.1 Å². The van der Waals surface area contributed by atoms with Crippen molar-refractivity contribution in [3.63, 3.8) is 0 Å². The van der Waals surface area contributed by atoms with E-state index in [1.54, 1.807) is 23.8 Å². The summed E-state index contributed by atoms with van der Waals surface area (Å²) in [5.41, 5.74) is 6.59. The predicted molar refractivity (Wildman–Crippen MR) is 122 cm³/mol. The van der Waals surface area contributed by atoms with Gasteiger partial charge in [0.2, 0.25) is 5.91 Å². The first-order valence-corrected chi connectivity index (χ1v) is 12.1. The minimum Gasteiger partial charge on any atom is -0.366 e. The predicted octanol–water partition coefficient (Wildman–Crippen LogP) is 3.98. The maximum atomic E-state index is 12.5. The van der Waals surface area contributed by atoms with Gasteiger partial charge in [-0.1, -0.05) is 31.5 Å². The molecule has 2 unspecified atom stereocenters. The van der Waals surface area contributed by atoms with Gasteiger partial charge in [-0.15, -0.1) is 21.5 Å². The number of carbonyl (C=O) groups is 2. The molecule has 0 saturated heterocycles. The number of nitrogens with two attached hydrogens (primary N) is 1. The van der Waals surface area contributed by atoms with Gasteiger partial charge < -0.3 is 11.1 Å². The lowest BCUT2D eigenvalue weighted by Gasteiger charge is -2.31. The average Bonchev–Trinajstić information content (AvgIpc) is 3.40. The molecule has 8 nitrogen and oxygen atoms in total. The minimum atomic E-state index is -0.559. The average molecular weight is 457 g/mol. The molecule has 0 spiro atoms. The van der Waals surface area contributed by atoms with Gasteiger partial charge in [0, 0.05) is 24.0 Å². The van der Waals surface area contributed by atoms with Crippen LogP contribution >= 0.6 is 23.1 Å². The first-order valence-electron chi connectivity index (χ1n) is 10.2. The van der Waals surface area contributed by atoms with E-state index in [1.807, 2.05) is 12.1 Å². The SMILES string of the molecule is CC1CCCCC1n1c(SCC(=O)Nc2sccc2C(N)=O)nnc1-c1cccnc1. The molecule has 3 heterocycles. The zero-order valence-electron chi connectivity index (χ0n) is 17.2. The van der Waals surface area contributed by atoms with Crippen molar-refractivity contribution in [3.05, 3.63) is 41.5 Å². The smallest absolute Gasteiger partial charge is 0.251 e. The fourth-order valence-corrected chi connectivity index (χ4v) is 5.54. The Morgan fingerprint density at radius 2 is 2.13 bits per heavy atom. The highest BCUT2D eigenvalue weighted by molar-refractivity contribution is 7.99. The molecule has 3 aromatic rings. The van der Waals surface area contributed by atoms with Crippen LogP contribution in [0.2, 0.25) is 0 Å². The van der Waals surface area contributed by atoms with Gasteiger partial charge in [0.1, 0.15) is 5.00 Å². The number of thiophene rings is 1. The Morgan fingerprint density at radius 1 is 1.29 bits per heavy atom. The fraction of sp³-hybridized carbons (Fsp3) is 0.381. The van der Waals surface area contributed by atoms with Gasteiger partial charge in [-0.25, -0.2) is 0 Å². The van der Waals surface area contributed by atoms with Crippen molar-refractivity contribution < 1.29 is 9.59 Å². The van der Waals surface area contributed by atoms with E-state index in [0.717, 1.165) is 24.2 Å². The molecule has 2 amide bonds. The van der Waals surface area contributed by atoms with Crippen LogP contribution in [0.5, 0.6) is 0 Å². The number of hydrogen-bond acceptors (Lipinski definition) is 7. The molecule has 0 radical (unpaired) electrons. The number of pyridine rings is 1. The molecule has 2 atom stereocenters. The van der Waals surface area contributed by atoms with E-state index >= 15 is 0 Å². The zero-order chi connectivity index (χ0) is 21.8. The summed E-state index contributed by atoms with van der Waals surface area (Å²) in [4.78, 5) is 28.2. The van der Waals surface area contributed by atoms with Gasteiger partial charge in [0.05, 0.1) is 11.3 Å². The Kier molecular flexibility index (Phi) is 6.67. The van der Waals surface area contributed by atoms with Crippen molar-refractivity contribution in [3.8, 4) is 11.4 Å². The number of primary amides is 1. The molecular weight excluding hydrogens is 432 g/mol. The van der Waals surface area contributed by atoms with Crippen molar-refractivity contribution in [1.29, 1.82) is 0 Å². The number of carbonyl (C=O) groups excluding carboxylic acids is 2. The Balaban J connectivity index is 1.55. The van der Waals surface area contributed by atoms with Crippen LogP contribution in [0.15, 0.2) is 41.1 Å². The number of thioether (sulfide) groups is 1. The van der Waals surface area contributed by atoms with Crippen LogP contribution in [0.1, 0.15) is 49.0 Å². The molecule has 1 aliphatic carbocycles. The van der Waals surface area contributed by atoms with Crippen LogP contribution in [0.3, 0.4) is 0 Å². The van der Waals surface area contributed by atoms with E-state index in [0.29, 0.717) is 21.6 Å². The van der Waals surface area contributed by atoms with Crippen LogP contribution < -0.4 is 11.1 Å². The Morgan fingerprint density at radius 3 is 2.87 bits per heavy atom. The quantitative estimate of drug-likeness (QED) is 0.520. The molecule has 10 heteroatoms. The number of anilines is 1. The minimum absolute atomic E-state index is 0.155. The number of nitrogens with one attached hydrogen (secondary N) is 1. The molecule has 162 valence electrons. The summed E-state index contributed by atoms with van der Waals surface area (Å²) in [6.07, 6.45) is 8.14. The first-order chi connectivity index (χ1) is 15.0. The van der Waals surface area contributed by atoms with Gasteiger partial charge in [-0.2, -0.15) is 0 Å². The molecule has 3 N–H and O–H groups in total. The number of hydrogen-bond donors (Lipinski definition) is 2. The Bertz CT molecular complexity index is 1070. The van der Waals surface area contributed by atoms with E-state index in [1.165, 1.54) is 35.9 Å². The largest absolute Gasteiger partial charge is 0.366 e. The van der Waals surface area contributed by atoms with Crippen molar-refractivity contribution in [2.45, 2.75) is 43.8 Å². The normalized spacial score (nSPS) is 18.6. The van der Waals surface area contributed by atoms with Gasteiger partial charge >= 0.3 is 0 Å². The molecule has 3 aromatic heterocycles. The molecule has 4 rings (SSSR count). The topological polar surface area (TPSA) is 116 Å². The summed E-state index contributed by atoms with van der Waals surface area (Å²) in [7, 11) is 0. The van der Waals surface area contributed by atoms with E-state index in [9.17, 15) is 9.59 Å². The Hall–Kier alpha value is -2.72. The molecule has 0 bridgehead atoms. The lowest BCUT2D eigenvalue weighted by atomic mass is 9.85.